The SMILES string of the molecule is COC(=O)c1cc(CNC(C(N)=O)c2ccccc2)ccc1OC. The first-order valence-corrected chi connectivity index (χ1v) is 7.39. The largest absolute Gasteiger partial charge is 0.496 e. The standard InChI is InChI=1S/C18H20N2O4/c1-23-15-9-8-12(10-14(15)18(22)24-2)11-20-16(17(19)21)13-6-4-3-5-7-13/h3-10,16,20H,11H2,1-2H3,(H2,19,21). The second-order valence-electron chi connectivity index (χ2n) is 5.15. The molecule has 0 spiro atoms. The van der Waals surface area contributed by atoms with Gasteiger partial charge in [0.1, 0.15) is 17.4 Å². The summed E-state index contributed by atoms with van der Waals surface area (Å²) in [7, 11) is 2.80. The van der Waals surface area contributed by atoms with E-state index < -0.39 is 17.9 Å². The van der Waals surface area contributed by atoms with Gasteiger partial charge in [0, 0.05) is 6.54 Å². The lowest BCUT2D eigenvalue weighted by atomic mass is 10.1. The van der Waals surface area contributed by atoms with Gasteiger partial charge in [-0.2, -0.15) is 0 Å². The molecule has 6 nitrogen and oxygen atoms in total. The van der Waals surface area contributed by atoms with Crippen LogP contribution >= 0.6 is 0 Å². The van der Waals surface area contributed by atoms with E-state index in [1.54, 1.807) is 18.2 Å². The summed E-state index contributed by atoms with van der Waals surface area (Å²) < 4.78 is 9.91. The number of primary amides is 1. The van der Waals surface area contributed by atoms with Crippen molar-refractivity contribution in [1.29, 1.82) is 0 Å². The van der Waals surface area contributed by atoms with Gasteiger partial charge in [-0.1, -0.05) is 36.4 Å². The van der Waals surface area contributed by atoms with Crippen molar-refractivity contribution in [2.24, 2.45) is 5.73 Å². The van der Waals surface area contributed by atoms with Crippen molar-refractivity contribution in [3.63, 3.8) is 0 Å². The van der Waals surface area contributed by atoms with Gasteiger partial charge in [-0.3, -0.25) is 10.1 Å². The molecular weight excluding hydrogens is 308 g/mol. The van der Waals surface area contributed by atoms with Crippen molar-refractivity contribution in [2.75, 3.05) is 14.2 Å². The average Bonchev–Trinajstić information content (AvgIpc) is 2.61. The lowest BCUT2D eigenvalue weighted by Gasteiger charge is -2.16. The molecule has 0 aliphatic heterocycles. The van der Waals surface area contributed by atoms with E-state index in [1.807, 2.05) is 30.3 Å². The first-order chi connectivity index (χ1) is 11.6. The fourth-order valence-corrected chi connectivity index (χ4v) is 2.38. The van der Waals surface area contributed by atoms with Gasteiger partial charge < -0.3 is 15.2 Å². The molecule has 0 aromatic heterocycles. The maximum absolute atomic E-state index is 11.8. The molecule has 126 valence electrons. The quantitative estimate of drug-likeness (QED) is 0.756. The van der Waals surface area contributed by atoms with Crippen molar-refractivity contribution in [3.8, 4) is 5.75 Å². The van der Waals surface area contributed by atoms with Crippen molar-refractivity contribution < 1.29 is 19.1 Å². The number of esters is 1. The minimum absolute atomic E-state index is 0.328. The fraction of sp³-hybridized carbons (Fsp3) is 0.222. The number of hydrogen-bond donors (Lipinski definition) is 2. The van der Waals surface area contributed by atoms with Crippen LogP contribution in [0.5, 0.6) is 5.75 Å². The predicted molar refractivity (Wildman–Crippen MR) is 89.6 cm³/mol. The molecule has 0 saturated carbocycles. The second kappa shape index (κ2) is 8.12. The van der Waals surface area contributed by atoms with Crippen LogP contribution in [0.4, 0.5) is 0 Å². The number of nitrogens with one attached hydrogen (secondary N) is 1. The zero-order valence-corrected chi connectivity index (χ0v) is 13.6. The highest BCUT2D eigenvalue weighted by molar-refractivity contribution is 5.92. The van der Waals surface area contributed by atoms with Gasteiger partial charge >= 0.3 is 5.97 Å². The molecule has 1 atom stereocenters. The normalized spacial score (nSPS) is 11.6. The Morgan fingerprint density at radius 2 is 1.83 bits per heavy atom. The van der Waals surface area contributed by atoms with E-state index in [2.05, 4.69) is 5.32 Å². The number of benzene rings is 2. The van der Waals surface area contributed by atoms with Crippen LogP contribution in [0.25, 0.3) is 0 Å². The molecule has 2 aromatic carbocycles. The number of methoxy groups -OCH3 is 2. The molecule has 2 aromatic rings. The van der Waals surface area contributed by atoms with Crippen molar-refractivity contribution in [3.05, 3.63) is 65.2 Å². The van der Waals surface area contributed by atoms with Crippen LogP contribution in [0, 0.1) is 0 Å². The minimum atomic E-state index is -0.616. The molecule has 0 radical (unpaired) electrons. The number of carbonyl (C=O) groups is 2. The highest BCUT2D eigenvalue weighted by Gasteiger charge is 2.18. The first kappa shape index (κ1) is 17.5. The third kappa shape index (κ3) is 4.11. The Morgan fingerprint density at radius 1 is 1.12 bits per heavy atom. The topological polar surface area (TPSA) is 90.6 Å². The Hall–Kier alpha value is -2.86. The van der Waals surface area contributed by atoms with E-state index in [9.17, 15) is 9.59 Å². The lowest BCUT2D eigenvalue weighted by Crippen LogP contribution is -2.33. The van der Waals surface area contributed by atoms with E-state index in [-0.39, 0.29) is 0 Å². The Balaban J connectivity index is 2.18. The number of hydrogen-bond acceptors (Lipinski definition) is 5. The van der Waals surface area contributed by atoms with Gasteiger partial charge in [0.25, 0.3) is 0 Å². The molecule has 1 amide bonds. The number of carbonyl (C=O) groups excluding carboxylic acids is 2. The summed E-state index contributed by atoms with van der Waals surface area (Å²) >= 11 is 0. The second-order valence-corrected chi connectivity index (χ2v) is 5.15. The van der Waals surface area contributed by atoms with E-state index in [4.69, 9.17) is 15.2 Å². The summed E-state index contributed by atoms with van der Waals surface area (Å²) in [6.07, 6.45) is 0. The molecule has 0 aliphatic carbocycles. The zero-order chi connectivity index (χ0) is 17.5. The van der Waals surface area contributed by atoms with Crippen LogP contribution in [0.3, 0.4) is 0 Å². The maximum Gasteiger partial charge on any atom is 0.341 e. The van der Waals surface area contributed by atoms with Gasteiger partial charge in [0.15, 0.2) is 0 Å². The molecular formula is C18H20N2O4. The Labute approximate surface area is 140 Å². The van der Waals surface area contributed by atoms with Gasteiger partial charge in [0.05, 0.1) is 14.2 Å². The van der Waals surface area contributed by atoms with Crippen LogP contribution < -0.4 is 15.8 Å². The van der Waals surface area contributed by atoms with Gasteiger partial charge in [-0.05, 0) is 23.3 Å². The van der Waals surface area contributed by atoms with Gasteiger partial charge in [0.2, 0.25) is 5.91 Å². The molecule has 0 bridgehead atoms. The predicted octanol–water partition coefficient (Wildman–Crippen LogP) is 1.80. The minimum Gasteiger partial charge on any atom is -0.496 e. The van der Waals surface area contributed by atoms with Crippen LogP contribution in [0.1, 0.15) is 27.5 Å². The Bertz CT molecular complexity index is 716. The van der Waals surface area contributed by atoms with Gasteiger partial charge in [-0.25, -0.2) is 4.79 Å². The Morgan fingerprint density at radius 3 is 2.42 bits per heavy atom. The molecule has 3 N–H and O–H groups in total. The third-order valence-corrected chi connectivity index (χ3v) is 3.60. The van der Waals surface area contributed by atoms with E-state index >= 15 is 0 Å². The third-order valence-electron chi connectivity index (χ3n) is 3.60. The number of rotatable bonds is 7. The molecule has 0 heterocycles. The first-order valence-electron chi connectivity index (χ1n) is 7.39. The van der Waals surface area contributed by atoms with Crippen molar-refractivity contribution in [1.82, 2.24) is 5.32 Å². The molecule has 0 saturated heterocycles. The molecule has 0 fully saturated rings. The molecule has 6 heteroatoms. The van der Waals surface area contributed by atoms with E-state index in [0.29, 0.717) is 17.9 Å². The number of ether oxygens (including phenoxy) is 2. The average molecular weight is 328 g/mol. The molecule has 1 unspecified atom stereocenters. The van der Waals surface area contributed by atoms with E-state index in [0.717, 1.165) is 11.1 Å². The summed E-state index contributed by atoms with van der Waals surface area (Å²) in [4.78, 5) is 23.5. The summed E-state index contributed by atoms with van der Waals surface area (Å²) in [5.41, 5.74) is 7.40. The fourth-order valence-electron chi connectivity index (χ4n) is 2.38. The smallest absolute Gasteiger partial charge is 0.341 e. The highest BCUT2D eigenvalue weighted by Crippen LogP contribution is 2.21. The number of amides is 1. The van der Waals surface area contributed by atoms with Crippen LogP contribution in [-0.2, 0) is 16.1 Å². The lowest BCUT2D eigenvalue weighted by molar-refractivity contribution is -0.120. The summed E-state index contributed by atoms with van der Waals surface area (Å²) in [5.74, 6) is -0.522. The number of nitrogens with two attached hydrogens (primary N) is 1. The van der Waals surface area contributed by atoms with E-state index in [1.165, 1.54) is 14.2 Å². The maximum atomic E-state index is 11.8. The van der Waals surface area contributed by atoms with Gasteiger partial charge in [-0.15, -0.1) is 0 Å². The Kier molecular flexibility index (Phi) is 5.92. The molecule has 2 rings (SSSR count). The summed E-state index contributed by atoms with van der Waals surface area (Å²) in [6.45, 7) is 0.358. The summed E-state index contributed by atoms with van der Waals surface area (Å²) in [5, 5.41) is 3.11. The summed E-state index contributed by atoms with van der Waals surface area (Å²) in [6, 6.07) is 13.8. The monoisotopic (exact) mass is 328 g/mol. The molecule has 0 aliphatic rings. The van der Waals surface area contributed by atoms with Crippen LogP contribution in [0.2, 0.25) is 0 Å². The zero-order valence-electron chi connectivity index (χ0n) is 13.6. The van der Waals surface area contributed by atoms with Crippen LogP contribution in [0.15, 0.2) is 48.5 Å². The van der Waals surface area contributed by atoms with Crippen molar-refractivity contribution >= 4 is 11.9 Å². The highest BCUT2D eigenvalue weighted by atomic mass is 16.5. The van der Waals surface area contributed by atoms with Crippen LogP contribution in [-0.4, -0.2) is 26.1 Å². The van der Waals surface area contributed by atoms with Crippen molar-refractivity contribution in [2.45, 2.75) is 12.6 Å². The molecule has 24 heavy (non-hydrogen) atoms.